The summed E-state index contributed by atoms with van der Waals surface area (Å²) in [6.45, 7) is 4.30. The summed E-state index contributed by atoms with van der Waals surface area (Å²) in [6.07, 6.45) is 2.26. The highest BCUT2D eigenvalue weighted by molar-refractivity contribution is 6.35. The molecule has 0 amide bonds. The number of hydrogen-bond acceptors (Lipinski definition) is 4. The van der Waals surface area contributed by atoms with Gasteiger partial charge in [-0.25, -0.2) is 0 Å². The molecular formula is C27H32Cl4N2O2. The van der Waals surface area contributed by atoms with Crippen LogP contribution in [0.4, 0.5) is 0 Å². The summed E-state index contributed by atoms with van der Waals surface area (Å²) in [7, 11) is 1.66. The normalized spacial score (nSPS) is 14.0. The number of para-hydroxylation sites is 1. The van der Waals surface area contributed by atoms with Crippen LogP contribution in [0.3, 0.4) is 0 Å². The second kappa shape index (κ2) is 14.8. The number of halogens is 4. The summed E-state index contributed by atoms with van der Waals surface area (Å²) >= 11 is 12.3. The molecule has 0 aromatic heterocycles. The van der Waals surface area contributed by atoms with Gasteiger partial charge in [-0.1, -0.05) is 71.7 Å². The molecule has 3 aromatic carbocycles. The number of benzene rings is 3. The van der Waals surface area contributed by atoms with Gasteiger partial charge in [-0.15, -0.1) is 24.8 Å². The number of likely N-dealkylation sites (tertiary alicyclic amines) is 1. The quantitative estimate of drug-likeness (QED) is 0.302. The maximum Gasteiger partial charge on any atom is 0.166 e. The van der Waals surface area contributed by atoms with Gasteiger partial charge in [-0.05, 0) is 49.7 Å². The van der Waals surface area contributed by atoms with Crippen LogP contribution in [0.25, 0.3) is 0 Å². The molecule has 1 saturated heterocycles. The van der Waals surface area contributed by atoms with E-state index in [0.29, 0.717) is 22.7 Å². The van der Waals surface area contributed by atoms with Gasteiger partial charge in [0.05, 0.1) is 7.11 Å². The van der Waals surface area contributed by atoms with E-state index in [1.54, 1.807) is 13.2 Å². The third-order valence-electron chi connectivity index (χ3n) is 6.09. The number of piperidine rings is 1. The SMILES string of the molecule is COc1cccc(CNC2CCN(Cc3ccccc3)CC2)c1OCc1ccc(Cl)cc1Cl.Cl.Cl. The molecule has 1 aliphatic rings. The number of ether oxygens (including phenoxy) is 2. The van der Waals surface area contributed by atoms with Crippen molar-refractivity contribution in [2.24, 2.45) is 0 Å². The van der Waals surface area contributed by atoms with E-state index >= 15 is 0 Å². The molecule has 1 N–H and O–H groups in total. The van der Waals surface area contributed by atoms with Crippen LogP contribution in [0.5, 0.6) is 11.5 Å². The van der Waals surface area contributed by atoms with Gasteiger partial charge in [-0.3, -0.25) is 4.90 Å². The summed E-state index contributed by atoms with van der Waals surface area (Å²) in [4.78, 5) is 2.53. The average molecular weight is 558 g/mol. The molecule has 3 aromatic rings. The molecule has 35 heavy (non-hydrogen) atoms. The Balaban J connectivity index is 0.00000216. The third kappa shape index (κ3) is 8.45. The zero-order valence-electron chi connectivity index (χ0n) is 19.7. The first-order valence-corrected chi connectivity index (χ1v) is 12.1. The van der Waals surface area contributed by atoms with Crippen molar-refractivity contribution in [2.75, 3.05) is 20.2 Å². The van der Waals surface area contributed by atoms with Crippen LogP contribution in [0.2, 0.25) is 10.0 Å². The maximum absolute atomic E-state index is 6.32. The van der Waals surface area contributed by atoms with Crippen molar-refractivity contribution in [3.63, 3.8) is 0 Å². The molecule has 0 atom stereocenters. The highest BCUT2D eigenvalue weighted by Crippen LogP contribution is 2.33. The molecule has 4 rings (SSSR count). The zero-order valence-corrected chi connectivity index (χ0v) is 22.9. The zero-order chi connectivity index (χ0) is 23.0. The number of nitrogens with one attached hydrogen (secondary N) is 1. The molecule has 0 saturated carbocycles. The Hall–Kier alpha value is -1.66. The van der Waals surface area contributed by atoms with Crippen LogP contribution in [0, 0.1) is 0 Å². The second-order valence-electron chi connectivity index (χ2n) is 8.39. The number of rotatable bonds is 9. The summed E-state index contributed by atoms with van der Waals surface area (Å²) < 4.78 is 11.8. The van der Waals surface area contributed by atoms with Gasteiger partial charge in [0.2, 0.25) is 0 Å². The van der Waals surface area contributed by atoms with E-state index in [-0.39, 0.29) is 24.8 Å². The Morgan fingerprint density at radius 2 is 1.66 bits per heavy atom. The van der Waals surface area contributed by atoms with E-state index in [1.165, 1.54) is 5.56 Å². The molecule has 0 radical (unpaired) electrons. The highest BCUT2D eigenvalue weighted by Gasteiger charge is 2.20. The van der Waals surface area contributed by atoms with Gasteiger partial charge >= 0.3 is 0 Å². The fourth-order valence-corrected chi connectivity index (χ4v) is 4.67. The Kier molecular flexibility index (Phi) is 12.5. The molecule has 8 heteroatoms. The Morgan fingerprint density at radius 1 is 0.914 bits per heavy atom. The van der Waals surface area contributed by atoms with Gasteiger partial charge in [0, 0.05) is 40.3 Å². The summed E-state index contributed by atoms with van der Waals surface area (Å²) in [5.74, 6) is 1.47. The fraction of sp³-hybridized carbons (Fsp3) is 0.333. The smallest absolute Gasteiger partial charge is 0.166 e. The summed E-state index contributed by atoms with van der Waals surface area (Å²) in [6, 6.07) is 22.6. The van der Waals surface area contributed by atoms with Gasteiger partial charge in [0.15, 0.2) is 11.5 Å². The first-order chi connectivity index (χ1) is 16.1. The molecule has 190 valence electrons. The fourth-order valence-electron chi connectivity index (χ4n) is 4.20. The van der Waals surface area contributed by atoms with E-state index in [2.05, 4.69) is 46.6 Å². The van der Waals surface area contributed by atoms with E-state index < -0.39 is 0 Å². The minimum Gasteiger partial charge on any atom is -0.493 e. The van der Waals surface area contributed by atoms with Crippen LogP contribution in [0.1, 0.15) is 29.5 Å². The van der Waals surface area contributed by atoms with Gasteiger partial charge in [-0.2, -0.15) is 0 Å². The van der Waals surface area contributed by atoms with E-state index in [0.717, 1.165) is 61.6 Å². The Labute approximate surface area is 230 Å². The minimum atomic E-state index is 0. The van der Waals surface area contributed by atoms with Crippen molar-refractivity contribution in [1.82, 2.24) is 10.2 Å². The van der Waals surface area contributed by atoms with E-state index in [9.17, 15) is 0 Å². The number of hydrogen-bond donors (Lipinski definition) is 1. The lowest BCUT2D eigenvalue weighted by molar-refractivity contribution is 0.189. The molecule has 1 heterocycles. The van der Waals surface area contributed by atoms with Crippen LogP contribution in [0.15, 0.2) is 66.7 Å². The molecule has 0 unspecified atom stereocenters. The molecule has 1 aliphatic heterocycles. The van der Waals surface area contributed by atoms with E-state index in [1.807, 2.05) is 24.3 Å². The lowest BCUT2D eigenvalue weighted by atomic mass is 10.0. The van der Waals surface area contributed by atoms with Gasteiger partial charge < -0.3 is 14.8 Å². The third-order valence-corrected chi connectivity index (χ3v) is 6.67. The van der Waals surface area contributed by atoms with Crippen LogP contribution < -0.4 is 14.8 Å². The number of nitrogens with zero attached hydrogens (tertiary/aromatic N) is 1. The summed E-state index contributed by atoms with van der Waals surface area (Å²) in [5.41, 5.74) is 3.34. The minimum absolute atomic E-state index is 0. The van der Waals surface area contributed by atoms with Crippen molar-refractivity contribution >= 4 is 48.0 Å². The van der Waals surface area contributed by atoms with Crippen LogP contribution in [-0.4, -0.2) is 31.1 Å². The molecule has 4 nitrogen and oxygen atoms in total. The Bertz CT molecular complexity index is 1040. The van der Waals surface area contributed by atoms with Gasteiger partial charge in [0.25, 0.3) is 0 Å². The van der Waals surface area contributed by atoms with Crippen molar-refractivity contribution in [2.45, 2.75) is 38.6 Å². The first-order valence-electron chi connectivity index (χ1n) is 11.3. The standard InChI is InChI=1S/C27H30Cl2N2O2.2ClH/c1-32-26-9-5-8-21(27(26)33-19-22-10-11-23(28)16-25(22)29)17-30-24-12-14-31(15-13-24)18-20-6-3-2-4-7-20;;/h2-11,16,24,30H,12-15,17-19H2,1H3;2*1H. The van der Waals surface area contributed by atoms with Crippen molar-refractivity contribution in [3.8, 4) is 11.5 Å². The van der Waals surface area contributed by atoms with Crippen molar-refractivity contribution in [1.29, 1.82) is 0 Å². The second-order valence-corrected chi connectivity index (χ2v) is 9.23. The monoisotopic (exact) mass is 556 g/mol. The maximum atomic E-state index is 6.32. The lowest BCUT2D eigenvalue weighted by Gasteiger charge is -2.32. The van der Waals surface area contributed by atoms with Crippen molar-refractivity contribution in [3.05, 3.63) is 93.5 Å². The number of methoxy groups -OCH3 is 1. The predicted molar refractivity (Wildman–Crippen MR) is 150 cm³/mol. The molecule has 0 aliphatic carbocycles. The molecular weight excluding hydrogens is 526 g/mol. The van der Waals surface area contributed by atoms with Gasteiger partial charge in [0.1, 0.15) is 6.61 Å². The lowest BCUT2D eigenvalue weighted by Crippen LogP contribution is -2.41. The predicted octanol–water partition coefficient (Wildman–Crippen LogP) is 7.18. The Morgan fingerprint density at radius 3 is 2.34 bits per heavy atom. The van der Waals surface area contributed by atoms with Crippen molar-refractivity contribution < 1.29 is 9.47 Å². The molecule has 0 bridgehead atoms. The average Bonchev–Trinajstić information content (AvgIpc) is 2.84. The summed E-state index contributed by atoms with van der Waals surface area (Å²) in [5, 5.41) is 4.93. The van der Waals surface area contributed by atoms with Crippen LogP contribution in [-0.2, 0) is 19.7 Å². The topological polar surface area (TPSA) is 33.7 Å². The van der Waals surface area contributed by atoms with Crippen LogP contribution >= 0.6 is 48.0 Å². The largest absolute Gasteiger partial charge is 0.493 e. The highest BCUT2D eigenvalue weighted by atomic mass is 35.5. The molecule has 0 spiro atoms. The van der Waals surface area contributed by atoms with E-state index in [4.69, 9.17) is 32.7 Å². The first kappa shape index (κ1) is 29.6. The molecule has 1 fully saturated rings.